The molecule has 0 aromatic carbocycles. The Morgan fingerprint density at radius 3 is 1.89 bits per heavy atom. The monoisotopic (exact) mass is 267 g/mol. The molecule has 2 fully saturated rings. The summed E-state index contributed by atoms with van der Waals surface area (Å²) >= 11 is 0. The van der Waals surface area contributed by atoms with Crippen molar-refractivity contribution in [2.75, 3.05) is 6.61 Å². The van der Waals surface area contributed by atoms with Crippen LogP contribution in [-0.4, -0.2) is 34.0 Å². The van der Waals surface area contributed by atoms with Crippen LogP contribution in [0.3, 0.4) is 0 Å². The first kappa shape index (κ1) is 14.5. The predicted octanol–water partition coefficient (Wildman–Crippen LogP) is 1.96. The van der Waals surface area contributed by atoms with Crippen molar-refractivity contribution in [3.63, 3.8) is 0 Å². The minimum absolute atomic E-state index is 0.0382. The van der Waals surface area contributed by atoms with Crippen LogP contribution >= 0.6 is 0 Å². The van der Waals surface area contributed by atoms with Crippen LogP contribution in [0.1, 0.15) is 52.9 Å². The van der Waals surface area contributed by atoms with Gasteiger partial charge in [-0.1, -0.05) is 27.2 Å². The van der Waals surface area contributed by atoms with Crippen molar-refractivity contribution >= 4 is 11.8 Å². The number of amides is 2. The minimum atomic E-state index is -0.680. The lowest BCUT2D eigenvalue weighted by Crippen LogP contribution is -2.54. The molecule has 1 heterocycles. The van der Waals surface area contributed by atoms with Gasteiger partial charge in [0.05, 0.1) is 24.0 Å². The zero-order valence-electron chi connectivity index (χ0n) is 12.2. The van der Waals surface area contributed by atoms with Gasteiger partial charge in [0.1, 0.15) is 0 Å². The van der Waals surface area contributed by atoms with Gasteiger partial charge >= 0.3 is 0 Å². The molecule has 2 rings (SSSR count). The molecule has 19 heavy (non-hydrogen) atoms. The lowest BCUT2D eigenvalue weighted by atomic mass is 9.91. The van der Waals surface area contributed by atoms with Crippen LogP contribution < -0.4 is 0 Å². The number of nitrogens with zero attached hydrogens (tertiary/aromatic N) is 1. The van der Waals surface area contributed by atoms with Crippen molar-refractivity contribution in [1.82, 2.24) is 4.90 Å². The molecule has 1 aliphatic heterocycles. The second-order valence-corrected chi connectivity index (χ2v) is 6.06. The van der Waals surface area contributed by atoms with Gasteiger partial charge in [0.25, 0.3) is 0 Å². The number of carbonyl (C=O) groups excluding carboxylic acids is 2. The molecule has 0 spiro atoms. The van der Waals surface area contributed by atoms with E-state index in [-0.39, 0.29) is 30.3 Å². The van der Waals surface area contributed by atoms with E-state index in [1.807, 2.05) is 13.8 Å². The van der Waals surface area contributed by atoms with Gasteiger partial charge in [0.2, 0.25) is 11.8 Å². The SMILES string of the molecule is CCC1CC2C(=O)N(C(CC)(CC)CO)C(=O)C2C1. The molecular formula is C15H25NO3. The summed E-state index contributed by atoms with van der Waals surface area (Å²) in [5, 5.41) is 9.69. The highest BCUT2D eigenvalue weighted by atomic mass is 16.3. The van der Waals surface area contributed by atoms with Crippen LogP contribution in [-0.2, 0) is 9.59 Å². The summed E-state index contributed by atoms with van der Waals surface area (Å²) in [6.45, 7) is 5.86. The number of hydrogen-bond acceptors (Lipinski definition) is 3. The molecule has 1 aliphatic carbocycles. The van der Waals surface area contributed by atoms with E-state index in [1.54, 1.807) is 0 Å². The number of aliphatic hydroxyl groups excluding tert-OH is 1. The highest BCUT2D eigenvalue weighted by Crippen LogP contribution is 2.47. The molecule has 2 aliphatic rings. The zero-order valence-corrected chi connectivity index (χ0v) is 12.2. The Morgan fingerprint density at radius 2 is 1.58 bits per heavy atom. The van der Waals surface area contributed by atoms with Gasteiger partial charge in [-0.15, -0.1) is 0 Å². The third kappa shape index (κ3) is 2.00. The van der Waals surface area contributed by atoms with Crippen LogP contribution in [0.5, 0.6) is 0 Å². The maximum Gasteiger partial charge on any atom is 0.233 e. The summed E-state index contributed by atoms with van der Waals surface area (Å²) in [6.07, 6.45) is 3.97. The van der Waals surface area contributed by atoms with Crippen molar-refractivity contribution in [3.05, 3.63) is 0 Å². The fraction of sp³-hybridized carbons (Fsp3) is 0.867. The summed E-state index contributed by atoms with van der Waals surface area (Å²) in [4.78, 5) is 26.6. The summed E-state index contributed by atoms with van der Waals surface area (Å²) in [6, 6.07) is 0. The molecular weight excluding hydrogens is 242 g/mol. The molecule has 4 nitrogen and oxygen atoms in total. The molecule has 108 valence electrons. The van der Waals surface area contributed by atoms with E-state index in [9.17, 15) is 14.7 Å². The lowest BCUT2D eigenvalue weighted by molar-refractivity contribution is -0.150. The second-order valence-electron chi connectivity index (χ2n) is 6.06. The fourth-order valence-corrected chi connectivity index (χ4v) is 3.79. The number of fused-ring (bicyclic) bond motifs is 1. The first-order valence-electron chi connectivity index (χ1n) is 7.53. The van der Waals surface area contributed by atoms with Crippen LogP contribution in [0.2, 0.25) is 0 Å². The number of aliphatic hydroxyl groups is 1. The van der Waals surface area contributed by atoms with Gasteiger partial charge in [-0.3, -0.25) is 14.5 Å². The van der Waals surface area contributed by atoms with Gasteiger partial charge in [0.15, 0.2) is 0 Å². The lowest BCUT2D eigenvalue weighted by Gasteiger charge is -2.38. The number of imide groups is 1. The Labute approximate surface area is 115 Å². The standard InChI is InChI=1S/C15H25NO3/c1-4-10-7-11-12(8-10)14(19)16(13(11)18)15(5-2,6-3)9-17/h10-12,17H,4-9H2,1-3H3. The van der Waals surface area contributed by atoms with Crippen molar-refractivity contribution in [3.8, 4) is 0 Å². The normalized spacial score (nSPS) is 31.2. The topological polar surface area (TPSA) is 57.6 Å². The minimum Gasteiger partial charge on any atom is -0.394 e. The highest BCUT2D eigenvalue weighted by molar-refractivity contribution is 6.06. The van der Waals surface area contributed by atoms with E-state index in [0.717, 1.165) is 19.3 Å². The second kappa shape index (κ2) is 5.23. The van der Waals surface area contributed by atoms with Crippen molar-refractivity contribution in [1.29, 1.82) is 0 Å². The largest absolute Gasteiger partial charge is 0.394 e. The quantitative estimate of drug-likeness (QED) is 0.775. The molecule has 2 unspecified atom stereocenters. The third-order valence-electron chi connectivity index (χ3n) is 5.40. The van der Waals surface area contributed by atoms with E-state index >= 15 is 0 Å². The van der Waals surface area contributed by atoms with Gasteiger partial charge in [0, 0.05) is 0 Å². The Balaban J connectivity index is 2.27. The first-order valence-corrected chi connectivity index (χ1v) is 7.53. The highest BCUT2D eigenvalue weighted by Gasteiger charge is 2.57. The maximum atomic E-state index is 12.6. The molecule has 0 bridgehead atoms. The van der Waals surface area contributed by atoms with Crippen molar-refractivity contribution in [2.45, 2.75) is 58.4 Å². The van der Waals surface area contributed by atoms with Crippen LogP contribution in [0, 0.1) is 17.8 Å². The van der Waals surface area contributed by atoms with E-state index in [2.05, 4.69) is 6.92 Å². The Hall–Kier alpha value is -0.900. The number of carbonyl (C=O) groups is 2. The number of rotatable bonds is 5. The van der Waals surface area contributed by atoms with Crippen LogP contribution in [0.4, 0.5) is 0 Å². The summed E-state index contributed by atoms with van der Waals surface area (Å²) in [7, 11) is 0. The average Bonchev–Trinajstić information content (AvgIpc) is 2.96. The number of likely N-dealkylation sites (tertiary alicyclic amines) is 1. The van der Waals surface area contributed by atoms with E-state index < -0.39 is 5.54 Å². The molecule has 1 saturated carbocycles. The Morgan fingerprint density at radius 1 is 1.11 bits per heavy atom. The number of hydrogen-bond donors (Lipinski definition) is 1. The Bertz CT molecular complexity index is 343. The first-order chi connectivity index (χ1) is 9.04. The smallest absolute Gasteiger partial charge is 0.233 e. The molecule has 2 amide bonds. The van der Waals surface area contributed by atoms with E-state index in [1.165, 1.54) is 4.90 Å². The predicted molar refractivity (Wildman–Crippen MR) is 72.2 cm³/mol. The van der Waals surface area contributed by atoms with Crippen LogP contribution in [0.15, 0.2) is 0 Å². The average molecular weight is 267 g/mol. The van der Waals surface area contributed by atoms with Gasteiger partial charge in [-0.2, -0.15) is 0 Å². The third-order valence-corrected chi connectivity index (χ3v) is 5.40. The van der Waals surface area contributed by atoms with E-state index in [4.69, 9.17) is 0 Å². The maximum absolute atomic E-state index is 12.6. The molecule has 2 atom stereocenters. The van der Waals surface area contributed by atoms with E-state index in [0.29, 0.717) is 18.8 Å². The summed E-state index contributed by atoms with van der Waals surface area (Å²) in [5.74, 6) is 0.187. The fourth-order valence-electron chi connectivity index (χ4n) is 3.79. The molecule has 0 aromatic heterocycles. The van der Waals surface area contributed by atoms with Crippen molar-refractivity contribution in [2.24, 2.45) is 17.8 Å². The molecule has 0 radical (unpaired) electrons. The Kier molecular flexibility index (Phi) is 4.00. The van der Waals surface area contributed by atoms with Crippen molar-refractivity contribution < 1.29 is 14.7 Å². The summed E-state index contributed by atoms with van der Waals surface area (Å²) in [5.41, 5.74) is -0.680. The zero-order chi connectivity index (χ0) is 14.2. The van der Waals surface area contributed by atoms with Gasteiger partial charge in [-0.25, -0.2) is 0 Å². The van der Waals surface area contributed by atoms with Gasteiger partial charge in [-0.05, 0) is 31.6 Å². The molecule has 0 aromatic rings. The molecule has 4 heteroatoms. The van der Waals surface area contributed by atoms with Crippen LogP contribution in [0.25, 0.3) is 0 Å². The summed E-state index contributed by atoms with van der Waals surface area (Å²) < 4.78 is 0. The molecule has 1 N–H and O–H groups in total. The molecule has 1 saturated heterocycles. The van der Waals surface area contributed by atoms with Gasteiger partial charge < -0.3 is 5.11 Å².